The molecule has 0 aromatic heterocycles. The molecule has 0 radical (unpaired) electrons. The van der Waals surface area contributed by atoms with Gasteiger partial charge in [-0.3, -0.25) is 0 Å². The Morgan fingerprint density at radius 3 is 2.28 bits per heavy atom. The molecule has 0 heterocycles. The van der Waals surface area contributed by atoms with E-state index in [1.54, 1.807) is 0 Å². The molecule has 0 aliphatic carbocycles. The van der Waals surface area contributed by atoms with Gasteiger partial charge in [0.15, 0.2) is 11.5 Å². The van der Waals surface area contributed by atoms with E-state index in [-0.39, 0.29) is 17.2 Å². The van der Waals surface area contributed by atoms with Gasteiger partial charge in [-0.1, -0.05) is 6.07 Å². The second-order valence-corrected chi connectivity index (χ2v) is 4.71. The molecule has 1 aromatic carbocycles. The Labute approximate surface area is 104 Å². The highest BCUT2D eigenvalue weighted by molar-refractivity contribution is 7.86. The third kappa shape index (κ3) is 3.81. The second kappa shape index (κ2) is 5.58. The van der Waals surface area contributed by atoms with Crippen LogP contribution in [-0.4, -0.2) is 35.0 Å². The van der Waals surface area contributed by atoms with Gasteiger partial charge < -0.3 is 18.4 Å². The van der Waals surface area contributed by atoms with Gasteiger partial charge in [0.2, 0.25) is 5.75 Å². The lowest BCUT2D eigenvalue weighted by Gasteiger charge is -2.12. The summed E-state index contributed by atoms with van der Waals surface area (Å²) in [5, 5.41) is 0. The minimum atomic E-state index is -3.75. The number of hydrogen-bond donors (Lipinski definition) is 0. The van der Waals surface area contributed by atoms with Crippen LogP contribution in [0.3, 0.4) is 0 Å². The Kier molecular flexibility index (Phi) is 4.38. The van der Waals surface area contributed by atoms with Crippen LogP contribution < -0.4 is 13.7 Å². The normalized spacial score (nSPS) is 10.6. The molecule has 8 heteroatoms. The van der Waals surface area contributed by atoms with Gasteiger partial charge in [0.25, 0.3) is 0 Å². The molecule has 0 N–H and O–H groups in total. The molecule has 0 saturated heterocycles. The molecule has 0 spiro atoms. The van der Waals surface area contributed by atoms with Crippen molar-refractivity contribution in [2.24, 2.45) is 0 Å². The molecule has 1 rings (SSSR count). The highest BCUT2D eigenvalue weighted by Gasteiger charge is 2.19. The minimum absolute atomic E-state index is 0.140. The van der Waals surface area contributed by atoms with Crippen molar-refractivity contribution in [3.8, 4) is 17.2 Å². The summed E-state index contributed by atoms with van der Waals surface area (Å²) in [5.41, 5.74) is 0. The molecule has 100 valence electrons. The van der Waals surface area contributed by atoms with Gasteiger partial charge in [0, 0.05) is 0 Å². The SMILES string of the molecule is COC(=O)Oc1c(OC)cccc1OS(C)(=O)=O. The molecule has 1 aromatic rings. The summed E-state index contributed by atoms with van der Waals surface area (Å²) in [4.78, 5) is 11.1. The van der Waals surface area contributed by atoms with E-state index in [2.05, 4.69) is 8.92 Å². The Bertz CT molecular complexity index is 535. The monoisotopic (exact) mass is 276 g/mol. The van der Waals surface area contributed by atoms with Crippen LogP contribution in [0.4, 0.5) is 4.79 Å². The topological polar surface area (TPSA) is 88.1 Å². The zero-order valence-electron chi connectivity index (χ0n) is 10.00. The lowest BCUT2D eigenvalue weighted by atomic mass is 10.3. The molecular formula is C10H12O7S. The van der Waals surface area contributed by atoms with Crippen molar-refractivity contribution < 1.29 is 31.6 Å². The summed E-state index contributed by atoms with van der Waals surface area (Å²) < 4.78 is 40.9. The fourth-order valence-corrected chi connectivity index (χ4v) is 1.57. The maximum absolute atomic E-state index is 11.1. The summed E-state index contributed by atoms with van der Waals surface area (Å²) in [7, 11) is -1.30. The first-order chi connectivity index (χ1) is 8.37. The molecule has 0 aliphatic heterocycles. The number of carbonyl (C=O) groups is 1. The first-order valence-corrected chi connectivity index (χ1v) is 6.51. The van der Waals surface area contributed by atoms with Crippen molar-refractivity contribution in [3.63, 3.8) is 0 Å². The van der Waals surface area contributed by atoms with E-state index in [9.17, 15) is 13.2 Å². The fraction of sp³-hybridized carbons (Fsp3) is 0.300. The molecule has 0 bridgehead atoms. The molecule has 0 saturated carbocycles. The van der Waals surface area contributed by atoms with E-state index in [0.717, 1.165) is 13.4 Å². The molecule has 0 amide bonds. The maximum atomic E-state index is 11.1. The van der Waals surface area contributed by atoms with Crippen molar-refractivity contribution in [1.82, 2.24) is 0 Å². The number of benzene rings is 1. The Balaban J connectivity index is 3.20. The summed E-state index contributed by atoms with van der Waals surface area (Å²) in [6.45, 7) is 0. The lowest BCUT2D eigenvalue weighted by molar-refractivity contribution is 0.119. The van der Waals surface area contributed by atoms with E-state index in [4.69, 9.17) is 9.47 Å². The highest BCUT2D eigenvalue weighted by Crippen LogP contribution is 2.37. The van der Waals surface area contributed by atoms with E-state index in [1.165, 1.54) is 25.3 Å². The Morgan fingerprint density at radius 2 is 1.78 bits per heavy atom. The molecule has 0 aliphatic rings. The average Bonchev–Trinajstić information content (AvgIpc) is 2.29. The van der Waals surface area contributed by atoms with Gasteiger partial charge in [0.1, 0.15) is 0 Å². The van der Waals surface area contributed by atoms with Crippen LogP contribution in [0.2, 0.25) is 0 Å². The van der Waals surface area contributed by atoms with Crippen LogP contribution in [0.15, 0.2) is 18.2 Å². The zero-order valence-corrected chi connectivity index (χ0v) is 10.8. The minimum Gasteiger partial charge on any atom is -0.493 e. The average molecular weight is 276 g/mol. The predicted molar refractivity (Wildman–Crippen MR) is 61.5 cm³/mol. The first kappa shape index (κ1) is 14.1. The van der Waals surface area contributed by atoms with Crippen LogP contribution in [-0.2, 0) is 14.9 Å². The smallest absolute Gasteiger partial charge is 0.493 e. The summed E-state index contributed by atoms with van der Waals surface area (Å²) in [6, 6.07) is 4.29. The van der Waals surface area contributed by atoms with Crippen molar-refractivity contribution in [2.75, 3.05) is 20.5 Å². The summed E-state index contributed by atoms with van der Waals surface area (Å²) in [5.74, 6) is -0.193. The van der Waals surface area contributed by atoms with Crippen molar-refractivity contribution in [1.29, 1.82) is 0 Å². The maximum Gasteiger partial charge on any atom is 0.513 e. The van der Waals surface area contributed by atoms with Crippen LogP contribution in [0.25, 0.3) is 0 Å². The first-order valence-electron chi connectivity index (χ1n) is 4.69. The van der Waals surface area contributed by atoms with Crippen LogP contribution in [0.5, 0.6) is 17.2 Å². The van der Waals surface area contributed by atoms with Gasteiger partial charge in [-0.25, -0.2) is 4.79 Å². The van der Waals surface area contributed by atoms with E-state index in [1.807, 2.05) is 0 Å². The highest BCUT2D eigenvalue weighted by atomic mass is 32.2. The van der Waals surface area contributed by atoms with Gasteiger partial charge in [0.05, 0.1) is 20.5 Å². The quantitative estimate of drug-likeness (QED) is 0.463. The molecule has 7 nitrogen and oxygen atoms in total. The number of rotatable bonds is 4. The van der Waals surface area contributed by atoms with Gasteiger partial charge in [-0.05, 0) is 12.1 Å². The summed E-state index contributed by atoms with van der Waals surface area (Å²) in [6.07, 6.45) is -0.146. The third-order valence-corrected chi connectivity index (χ3v) is 2.24. The van der Waals surface area contributed by atoms with Crippen molar-refractivity contribution in [3.05, 3.63) is 18.2 Å². The number of para-hydroxylation sites is 1. The van der Waals surface area contributed by atoms with Gasteiger partial charge >= 0.3 is 16.3 Å². The predicted octanol–water partition coefficient (Wildman–Crippen LogP) is 1.18. The molecule has 0 atom stereocenters. The van der Waals surface area contributed by atoms with E-state index < -0.39 is 16.3 Å². The molecule has 0 unspecified atom stereocenters. The van der Waals surface area contributed by atoms with Gasteiger partial charge in [-0.2, -0.15) is 8.42 Å². The Hall–Kier alpha value is -1.96. The van der Waals surface area contributed by atoms with E-state index in [0.29, 0.717) is 0 Å². The molecule has 0 fully saturated rings. The lowest BCUT2D eigenvalue weighted by Crippen LogP contribution is -2.12. The number of hydrogen-bond acceptors (Lipinski definition) is 7. The molecular weight excluding hydrogens is 264 g/mol. The summed E-state index contributed by atoms with van der Waals surface area (Å²) >= 11 is 0. The number of methoxy groups -OCH3 is 2. The third-order valence-electron chi connectivity index (χ3n) is 1.76. The number of ether oxygens (including phenoxy) is 3. The second-order valence-electron chi connectivity index (χ2n) is 3.13. The fourth-order valence-electron chi connectivity index (χ4n) is 1.11. The van der Waals surface area contributed by atoms with Gasteiger partial charge in [-0.15, -0.1) is 0 Å². The van der Waals surface area contributed by atoms with Crippen molar-refractivity contribution >= 4 is 16.3 Å². The van der Waals surface area contributed by atoms with Crippen LogP contribution >= 0.6 is 0 Å². The van der Waals surface area contributed by atoms with Crippen LogP contribution in [0, 0.1) is 0 Å². The number of carbonyl (C=O) groups excluding carboxylic acids is 1. The largest absolute Gasteiger partial charge is 0.513 e. The molecule has 18 heavy (non-hydrogen) atoms. The van der Waals surface area contributed by atoms with Crippen molar-refractivity contribution in [2.45, 2.75) is 0 Å². The Morgan fingerprint density at radius 1 is 1.17 bits per heavy atom. The van der Waals surface area contributed by atoms with Crippen LogP contribution in [0.1, 0.15) is 0 Å². The van der Waals surface area contributed by atoms with E-state index >= 15 is 0 Å². The zero-order chi connectivity index (χ0) is 13.8. The standard InChI is InChI=1S/C10H12O7S/c1-14-7-5-4-6-8(17-18(3,12)13)9(7)16-10(11)15-2/h4-6H,1-3H3.